The van der Waals surface area contributed by atoms with E-state index in [1.54, 1.807) is 54.8 Å². The summed E-state index contributed by atoms with van der Waals surface area (Å²) in [5.41, 5.74) is 1.86. The van der Waals surface area contributed by atoms with E-state index in [9.17, 15) is 13.2 Å². The molecule has 1 unspecified atom stereocenters. The number of nitrogens with zero attached hydrogens (tertiary/aromatic N) is 3. The molecule has 1 saturated heterocycles. The Labute approximate surface area is 174 Å². The number of rotatable bonds is 5. The van der Waals surface area contributed by atoms with Crippen LogP contribution in [0.2, 0.25) is 0 Å². The third kappa shape index (κ3) is 3.41. The van der Waals surface area contributed by atoms with Gasteiger partial charge in [0.2, 0.25) is 0 Å². The molecule has 30 heavy (non-hydrogen) atoms. The number of methoxy groups -OCH3 is 2. The normalized spacial score (nSPS) is 17.9. The largest absolute Gasteiger partial charge is 0.496 e. The van der Waals surface area contributed by atoms with Crippen LogP contribution >= 0.6 is 0 Å². The van der Waals surface area contributed by atoms with Crippen LogP contribution in [0.15, 0.2) is 24.3 Å². The molecule has 0 radical (unpaired) electrons. The quantitative estimate of drug-likeness (QED) is 0.663. The average molecular weight is 433 g/mol. The Bertz CT molecular complexity index is 1240. The summed E-state index contributed by atoms with van der Waals surface area (Å²) >= 11 is 0. The van der Waals surface area contributed by atoms with Crippen LogP contribution < -0.4 is 14.8 Å². The zero-order chi connectivity index (χ0) is 21.6. The monoisotopic (exact) mass is 432 g/mol. The van der Waals surface area contributed by atoms with Crippen LogP contribution in [0.1, 0.15) is 28.6 Å². The van der Waals surface area contributed by atoms with Gasteiger partial charge in [-0.05, 0) is 31.5 Å². The van der Waals surface area contributed by atoms with Gasteiger partial charge in [0.25, 0.3) is 5.91 Å². The predicted molar refractivity (Wildman–Crippen MR) is 113 cm³/mol. The molecule has 160 valence electrons. The Hall–Kier alpha value is -3.01. The number of fused-ring (bicyclic) bond motifs is 1. The van der Waals surface area contributed by atoms with Gasteiger partial charge >= 0.3 is 0 Å². The van der Waals surface area contributed by atoms with Crippen molar-refractivity contribution < 1.29 is 22.7 Å². The lowest BCUT2D eigenvalue weighted by Gasteiger charge is -2.14. The number of aryl methyl sites for hydroxylation is 2. The molecule has 1 atom stereocenters. The standard InChI is InChI=1S/C20H24N4O5S/c1-12-9-18(24(22-12)13-7-8-30(26,27)11-13)21-20(25)15-10-14-16(28-3)5-6-17(29-4)19(14)23(15)2/h5-6,9-10,13H,7-8,11H2,1-4H3,(H,21,25). The van der Waals surface area contributed by atoms with E-state index in [0.29, 0.717) is 35.1 Å². The van der Waals surface area contributed by atoms with Crippen molar-refractivity contribution in [2.45, 2.75) is 19.4 Å². The highest BCUT2D eigenvalue weighted by Gasteiger charge is 2.31. The lowest BCUT2D eigenvalue weighted by Crippen LogP contribution is -2.21. The number of carbonyl (C=O) groups is 1. The van der Waals surface area contributed by atoms with Crippen molar-refractivity contribution in [3.63, 3.8) is 0 Å². The smallest absolute Gasteiger partial charge is 0.273 e. The summed E-state index contributed by atoms with van der Waals surface area (Å²) in [4.78, 5) is 13.1. The molecule has 1 N–H and O–H groups in total. The second kappa shape index (κ2) is 7.35. The highest BCUT2D eigenvalue weighted by molar-refractivity contribution is 7.91. The number of nitrogens with one attached hydrogen (secondary N) is 1. The third-order valence-electron chi connectivity index (χ3n) is 5.44. The van der Waals surface area contributed by atoms with Crippen molar-refractivity contribution in [3.8, 4) is 11.5 Å². The number of amides is 1. The van der Waals surface area contributed by atoms with Crippen LogP contribution in [0.3, 0.4) is 0 Å². The minimum absolute atomic E-state index is 0.0272. The van der Waals surface area contributed by atoms with Crippen molar-refractivity contribution in [3.05, 3.63) is 35.7 Å². The fourth-order valence-corrected chi connectivity index (χ4v) is 5.70. The van der Waals surface area contributed by atoms with Gasteiger partial charge in [-0.25, -0.2) is 13.1 Å². The van der Waals surface area contributed by atoms with E-state index in [1.807, 2.05) is 6.92 Å². The van der Waals surface area contributed by atoms with Gasteiger partial charge in [-0.1, -0.05) is 0 Å². The molecular weight excluding hydrogens is 408 g/mol. The number of carbonyl (C=O) groups excluding carboxylic acids is 1. The number of sulfone groups is 1. The van der Waals surface area contributed by atoms with E-state index in [-0.39, 0.29) is 23.5 Å². The molecule has 1 fully saturated rings. The molecule has 0 spiro atoms. The zero-order valence-electron chi connectivity index (χ0n) is 17.3. The number of benzene rings is 1. The Balaban J connectivity index is 1.71. The Morgan fingerprint density at radius 3 is 2.53 bits per heavy atom. The molecular formula is C20H24N4O5S. The highest BCUT2D eigenvalue weighted by Crippen LogP contribution is 2.35. The topological polar surface area (TPSA) is 104 Å². The molecule has 4 rings (SSSR count). The van der Waals surface area contributed by atoms with Gasteiger partial charge in [0.15, 0.2) is 9.84 Å². The first kappa shape index (κ1) is 20.3. The predicted octanol–water partition coefficient (Wildman–Crippen LogP) is 2.31. The molecule has 0 bridgehead atoms. The molecule has 2 aromatic heterocycles. The molecule has 3 heterocycles. The van der Waals surface area contributed by atoms with E-state index in [4.69, 9.17) is 9.47 Å². The first-order valence-corrected chi connectivity index (χ1v) is 11.3. The molecule has 0 saturated carbocycles. The molecule has 10 heteroatoms. The number of hydrogen-bond donors (Lipinski definition) is 1. The first-order chi connectivity index (χ1) is 14.2. The molecule has 1 aliphatic heterocycles. The minimum Gasteiger partial charge on any atom is -0.496 e. The summed E-state index contributed by atoms with van der Waals surface area (Å²) < 4.78 is 38.0. The third-order valence-corrected chi connectivity index (χ3v) is 7.19. The molecule has 9 nitrogen and oxygen atoms in total. The van der Waals surface area contributed by atoms with Gasteiger partial charge < -0.3 is 19.4 Å². The summed E-state index contributed by atoms with van der Waals surface area (Å²) in [6.07, 6.45) is 0.481. The van der Waals surface area contributed by atoms with Gasteiger partial charge in [-0.3, -0.25) is 4.79 Å². The van der Waals surface area contributed by atoms with E-state index in [2.05, 4.69) is 10.4 Å². The minimum atomic E-state index is -3.08. The first-order valence-electron chi connectivity index (χ1n) is 9.52. The Morgan fingerprint density at radius 1 is 1.20 bits per heavy atom. The number of anilines is 1. The highest BCUT2D eigenvalue weighted by atomic mass is 32.2. The summed E-state index contributed by atoms with van der Waals surface area (Å²) in [7, 11) is 1.86. The number of ether oxygens (including phenoxy) is 2. The summed E-state index contributed by atoms with van der Waals surface area (Å²) in [5.74, 6) is 1.57. The van der Waals surface area contributed by atoms with Crippen LogP contribution in [0.25, 0.3) is 10.9 Å². The summed E-state index contributed by atoms with van der Waals surface area (Å²) in [6, 6.07) is 6.79. The van der Waals surface area contributed by atoms with E-state index >= 15 is 0 Å². The fourth-order valence-electron chi connectivity index (χ4n) is 4.01. The van der Waals surface area contributed by atoms with Crippen molar-refractivity contribution >= 4 is 32.5 Å². The van der Waals surface area contributed by atoms with Crippen LogP contribution in [-0.2, 0) is 16.9 Å². The van der Waals surface area contributed by atoms with Crippen molar-refractivity contribution in [1.82, 2.24) is 14.3 Å². The lowest BCUT2D eigenvalue weighted by atomic mass is 10.2. The van der Waals surface area contributed by atoms with Crippen LogP contribution in [0.4, 0.5) is 5.82 Å². The molecule has 1 aromatic carbocycles. The van der Waals surface area contributed by atoms with Gasteiger partial charge in [-0.15, -0.1) is 0 Å². The van der Waals surface area contributed by atoms with Crippen molar-refractivity contribution in [2.24, 2.45) is 7.05 Å². The van der Waals surface area contributed by atoms with E-state index < -0.39 is 9.84 Å². The van der Waals surface area contributed by atoms with Crippen molar-refractivity contribution in [2.75, 3.05) is 31.0 Å². The Kier molecular flexibility index (Phi) is 4.97. The van der Waals surface area contributed by atoms with Gasteiger partial charge in [0.1, 0.15) is 23.0 Å². The maximum atomic E-state index is 13.1. The molecule has 1 aliphatic rings. The summed E-state index contributed by atoms with van der Waals surface area (Å²) in [6.45, 7) is 1.81. The number of aromatic nitrogens is 3. The summed E-state index contributed by atoms with van der Waals surface area (Å²) in [5, 5.41) is 8.07. The maximum Gasteiger partial charge on any atom is 0.273 e. The average Bonchev–Trinajstić information content (AvgIpc) is 3.36. The second-order valence-corrected chi connectivity index (χ2v) is 9.68. The van der Waals surface area contributed by atoms with Gasteiger partial charge in [-0.2, -0.15) is 5.10 Å². The SMILES string of the molecule is COc1ccc(OC)c2c1cc(C(=O)Nc1cc(C)nn1C1CCS(=O)(=O)C1)n2C. The van der Waals surface area contributed by atoms with Crippen molar-refractivity contribution in [1.29, 1.82) is 0 Å². The Morgan fingerprint density at radius 2 is 1.90 bits per heavy atom. The zero-order valence-corrected chi connectivity index (χ0v) is 18.1. The molecule has 1 amide bonds. The van der Waals surface area contributed by atoms with Gasteiger partial charge in [0, 0.05) is 18.5 Å². The van der Waals surface area contributed by atoms with Crippen LogP contribution in [0.5, 0.6) is 11.5 Å². The van der Waals surface area contributed by atoms with Crippen LogP contribution in [-0.4, -0.2) is 54.4 Å². The van der Waals surface area contributed by atoms with Gasteiger partial charge in [0.05, 0.1) is 43.0 Å². The second-order valence-electron chi connectivity index (χ2n) is 7.45. The molecule has 3 aromatic rings. The van der Waals surface area contributed by atoms with Crippen LogP contribution in [0, 0.1) is 6.92 Å². The van der Waals surface area contributed by atoms with E-state index in [0.717, 1.165) is 10.9 Å². The van der Waals surface area contributed by atoms with E-state index in [1.165, 1.54) is 0 Å². The lowest BCUT2D eigenvalue weighted by molar-refractivity contribution is 0.101. The number of hydrogen-bond acceptors (Lipinski definition) is 6. The molecule has 0 aliphatic carbocycles. The maximum absolute atomic E-state index is 13.1. The fraction of sp³-hybridized carbons (Fsp3) is 0.400.